The minimum Gasteiger partial charge on any atom is -0.356 e. The van der Waals surface area contributed by atoms with Crippen LogP contribution >= 0.6 is 0 Å². The lowest BCUT2D eigenvalue weighted by Gasteiger charge is -2.31. The third kappa shape index (κ3) is 3.67. The minimum absolute atomic E-state index is 0.143. The van der Waals surface area contributed by atoms with E-state index in [0.29, 0.717) is 6.42 Å². The van der Waals surface area contributed by atoms with Crippen molar-refractivity contribution in [2.75, 3.05) is 25.0 Å². The molecule has 0 N–H and O–H groups in total. The molecule has 29 heavy (non-hydrogen) atoms. The predicted octanol–water partition coefficient (Wildman–Crippen LogP) is 4.19. The molecule has 1 saturated heterocycles. The molecule has 1 aromatic heterocycles. The first-order chi connectivity index (χ1) is 14.2. The summed E-state index contributed by atoms with van der Waals surface area (Å²) in [4.78, 5) is 16.2. The van der Waals surface area contributed by atoms with Gasteiger partial charge in [-0.1, -0.05) is 35.5 Å². The van der Waals surface area contributed by atoms with Crippen molar-refractivity contribution < 1.29 is 9.32 Å². The van der Waals surface area contributed by atoms with Crippen molar-refractivity contribution in [2.24, 2.45) is 5.92 Å². The number of carbonyl (C=O) groups is 1. The van der Waals surface area contributed by atoms with Crippen LogP contribution in [0.15, 0.2) is 47.0 Å². The molecule has 0 aliphatic carbocycles. The number of amides is 1. The van der Waals surface area contributed by atoms with E-state index in [4.69, 9.17) is 4.52 Å². The second-order valence-corrected chi connectivity index (χ2v) is 8.48. The van der Waals surface area contributed by atoms with Gasteiger partial charge in [-0.2, -0.15) is 0 Å². The maximum Gasteiger partial charge on any atom is 0.231 e. The molecule has 1 amide bonds. The first kappa shape index (κ1) is 18.4. The number of likely N-dealkylation sites (N-methyl/N-ethyl adjacent to an activating group) is 1. The fourth-order valence-corrected chi connectivity index (χ4v) is 4.73. The van der Waals surface area contributed by atoms with Crippen molar-refractivity contribution in [3.8, 4) is 0 Å². The number of aromatic nitrogens is 1. The summed E-state index contributed by atoms with van der Waals surface area (Å²) in [6.45, 7) is 3.39. The van der Waals surface area contributed by atoms with E-state index in [-0.39, 0.29) is 5.91 Å². The Bertz CT molecular complexity index is 1020. The summed E-state index contributed by atoms with van der Waals surface area (Å²) in [6.07, 6.45) is 5.07. The number of fused-ring (bicyclic) bond motifs is 2. The molecule has 2 aromatic carbocycles. The van der Waals surface area contributed by atoms with E-state index in [9.17, 15) is 4.79 Å². The number of anilines is 1. The lowest BCUT2D eigenvalue weighted by atomic mass is 9.91. The Morgan fingerprint density at radius 2 is 1.93 bits per heavy atom. The van der Waals surface area contributed by atoms with Crippen LogP contribution in [0.4, 0.5) is 5.69 Å². The first-order valence-electron chi connectivity index (χ1n) is 10.6. The van der Waals surface area contributed by atoms with Gasteiger partial charge in [0, 0.05) is 25.0 Å². The lowest BCUT2D eigenvalue weighted by molar-refractivity contribution is -0.117. The van der Waals surface area contributed by atoms with Gasteiger partial charge < -0.3 is 9.42 Å². The SMILES string of the molecule is [11CH3]N1C(=O)Cc2cc3c(CCC4CCN(Cc5ccccc5)CC4)noc3cc21. The third-order valence-electron chi connectivity index (χ3n) is 6.57. The number of piperidine rings is 1. The zero-order chi connectivity index (χ0) is 19.8. The van der Waals surface area contributed by atoms with Gasteiger partial charge in [0.2, 0.25) is 5.91 Å². The Morgan fingerprint density at radius 3 is 2.72 bits per heavy atom. The van der Waals surface area contributed by atoms with Crippen LogP contribution in [0.5, 0.6) is 0 Å². The van der Waals surface area contributed by atoms with Gasteiger partial charge in [-0.25, -0.2) is 0 Å². The van der Waals surface area contributed by atoms with Crippen molar-refractivity contribution in [3.63, 3.8) is 0 Å². The Morgan fingerprint density at radius 1 is 1.14 bits per heavy atom. The van der Waals surface area contributed by atoms with Crippen LogP contribution in [0.1, 0.15) is 36.1 Å². The van der Waals surface area contributed by atoms with Crippen LogP contribution in [0, 0.1) is 5.92 Å². The number of hydrogen-bond donors (Lipinski definition) is 0. The molecule has 3 aromatic rings. The monoisotopic (exact) mass is 388 g/mol. The molecule has 0 unspecified atom stereocenters. The second-order valence-electron chi connectivity index (χ2n) is 8.48. The van der Waals surface area contributed by atoms with Crippen LogP contribution in [0.25, 0.3) is 11.0 Å². The summed E-state index contributed by atoms with van der Waals surface area (Å²) < 4.78 is 5.59. The summed E-state index contributed by atoms with van der Waals surface area (Å²) in [5.41, 5.74) is 5.27. The Labute approximate surface area is 171 Å². The largest absolute Gasteiger partial charge is 0.356 e. The Kier molecular flexibility index (Phi) is 4.84. The fourth-order valence-electron chi connectivity index (χ4n) is 4.73. The van der Waals surface area contributed by atoms with E-state index < -0.39 is 0 Å². The summed E-state index contributed by atoms with van der Waals surface area (Å²) in [5.74, 6) is 0.889. The highest BCUT2D eigenvalue weighted by Gasteiger charge is 2.26. The van der Waals surface area contributed by atoms with E-state index in [2.05, 4.69) is 46.5 Å². The number of hydrogen-bond acceptors (Lipinski definition) is 4. The van der Waals surface area contributed by atoms with Crippen molar-refractivity contribution in [2.45, 2.75) is 38.6 Å². The highest BCUT2D eigenvalue weighted by molar-refractivity contribution is 6.03. The molecule has 0 atom stereocenters. The number of rotatable bonds is 5. The lowest BCUT2D eigenvalue weighted by Crippen LogP contribution is -2.33. The van der Waals surface area contributed by atoms with Gasteiger partial charge in [0.25, 0.3) is 0 Å². The van der Waals surface area contributed by atoms with Gasteiger partial charge in [-0.05, 0) is 61.9 Å². The fraction of sp³-hybridized carbons (Fsp3) is 0.417. The molecular formula is C24H27N3O2. The molecule has 3 heterocycles. The van der Waals surface area contributed by atoms with Crippen LogP contribution in [-0.2, 0) is 24.2 Å². The molecule has 5 rings (SSSR count). The normalized spacial score (nSPS) is 18.0. The van der Waals surface area contributed by atoms with Crippen molar-refractivity contribution in [1.82, 2.24) is 10.1 Å². The molecule has 2 aliphatic rings. The van der Waals surface area contributed by atoms with Gasteiger partial charge in [0.1, 0.15) is 0 Å². The van der Waals surface area contributed by atoms with E-state index >= 15 is 0 Å². The molecule has 0 saturated carbocycles. The summed E-state index contributed by atoms with van der Waals surface area (Å²) >= 11 is 0. The molecule has 5 nitrogen and oxygen atoms in total. The van der Waals surface area contributed by atoms with Crippen LogP contribution in [0.3, 0.4) is 0 Å². The topological polar surface area (TPSA) is 49.6 Å². The average Bonchev–Trinajstić information content (AvgIpc) is 3.27. The van der Waals surface area contributed by atoms with Gasteiger partial charge >= 0.3 is 0 Å². The van der Waals surface area contributed by atoms with Gasteiger partial charge in [-0.3, -0.25) is 9.69 Å². The van der Waals surface area contributed by atoms with Gasteiger partial charge in [-0.15, -0.1) is 0 Å². The Hall–Kier alpha value is -2.66. The van der Waals surface area contributed by atoms with Crippen LogP contribution in [-0.4, -0.2) is 36.1 Å². The first-order valence-corrected chi connectivity index (χ1v) is 10.6. The van der Waals surface area contributed by atoms with E-state index in [0.717, 1.165) is 53.2 Å². The average molecular weight is 388 g/mol. The summed E-state index contributed by atoms with van der Waals surface area (Å²) in [5, 5.41) is 5.42. The molecule has 0 radical (unpaired) electrons. The maximum atomic E-state index is 12.0. The molecule has 150 valence electrons. The zero-order valence-corrected chi connectivity index (χ0v) is 16.9. The molecule has 0 spiro atoms. The highest BCUT2D eigenvalue weighted by atomic mass is 16.5. The minimum atomic E-state index is 0.143. The van der Waals surface area contributed by atoms with E-state index in [1.165, 1.54) is 31.5 Å². The quantitative estimate of drug-likeness (QED) is 0.658. The maximum absolute atomic E-state index is 12.0. The van der Waals surface area contributed by atoms with Crippen LogP contribution < -0.4 is 4.90 Å². The summed E-state index contributed by atoms with van der Waals surface area (Å²) in [7, 11) is 1.82. The highest BCUT2D eigenvalue weighted by Crippen LogP contribution is 2.34. The van der Waals surface area contributed by atoms with E-state index in [1.807, 2.05) is 13.1 Å². The molecule has 2 aliphatic heterocycles. The number of nitrogens with zero attached hydrogens (tertiary/aromatic N) is 3. The predicted molar refractivity (Wildman–Crippen MR) is 114 cm³/mol. The van der Waals surface area contributed by atoms with E-state index in [1.54, 1.807) is 4.90 Å². The molecular weight excluding hydrogens is 361 g/mol. The number of benzene rings is 2. The van der Waals surface area contributed by atoms with Gasteiger partial charge in [0.05, 0.1) is 17.8 Å². The van der Waals surface area contributed by atoms with Gasteiger partial charge in [0.15, 0.2) is 5.58 Å². The molecule has 0 bridgehead atoms. The zero-order valence-electron chi connectivity index (χ0n) is 16.9. The number of aryl methyl sites for hydroxylation is 1. The molecule has 1 fully saturated rings. The van der Waals surface area contributed by atoms with Crippen molar-refractivity contribution in [3.05, 3.63) is 59.3 Å². The molecule has 5 heteroatoms. The Balaban J connectivity index is 1.19. The second kappa shape index (κ2) is 7.64. The van der Waals surface area contributed by atoms with Crippen LogP contribution in [0.2, 0.25) is 0 Å². The third-order valence-corrected chi connectivity index (χ3v) is 6.57. The number of likely N-dealkylation sites (tertiary alicyclic amines) is 1. The summed E-state index contributed by atoms with van der Waals surface area (Å²) in [6, 6.07) is 14.8. The van der Waals surface area contributed by atoms with Crippen molar-refractivity contribution >= 4 is 22.6 Å². The standard InChI is InChI=1S/C24H27N3O2/c1-26-22-15-23-20(13-19(22)14-24(26)28)21(25-29-23)8-7-17-9-11-27(12-10-17)16-18-5-3-2-4-6-18/h2-6,13,15,17H,7-12,14,16H2,1H3/i1-1. The number of carbonyl (C=O) groups excluding carboxylic acids is 1. The van der Waals surface area contributed by atoms with Crippen molar-refractivity contribution in [1.29, 1.82) is 0 Å². The smallest absolute Gasteiger partial charge is 0.231 e.